The number of anilines is 1. The van der Waals surface area contributed by atoms with Crippen molar-refractivity contribution in [1.82, 2.24) is 0 Å². The van der Waals surface area contributed by atoms with E-state index in [-0.39, 0.29) is 12.5 Å². The van der Waals surface area contributed by atoms with Crippen LogP contribution in [0.5, 0.6) is 11.5 Å². The van der Waals surface area contributed by atoms with E-state index in [1.54, 1.807) is 0 Å². The molecule has 0 saturated carbocycles. The first kappa shape index (κ1) is 11.6. The van der Waals surface area contributed by atoms with E-state index in [1.165, 1.54) is 7.11 Å². The number of nitrogens with one attached hydrogen (secondary N) is 1. The molecule has 5 heteroatoms. The molecule has 1 heterocycles. The molecule has 0 atom stereocenters. The summed E-state index contributed by atoms with van der Waals surface area (Å²) >= 11 is 0. The van der Waals surface area contributed by atoms with Crippen LogP contribution in [-0.4, -0.2) is 32.8 Å². The smallest absolute Gasteiger partial charge is 0.325 e. The fourth-order valence-corrected chi connectivity index (χ4v) is 1.62. The summed E-state index contributed by atoms with van der Waals surface area (Å²) in [6.07, 6.45) is 0. The molecule has 0 radical (unpaired) electrons. The number of aryl methyl sites for hydroxylation is 1. The molecule has 1 aromatic rings. The van der Waals surface area contributed by atoms with Gasteiger partial charge in [0.2, 0.25) is 0 Å². The zero-order chi connectivity index (χ0) is 12.3. The van der Waals surface area contributed by atoms with Crippen LogP contribution >= 0.6 is 0 Å². The van der Waals surface area contributed by atoms with Crippen molar-refractivity contribution >= 4 is 11.7 Å². The fourth-order valence-electron chi connectivity index (χ4n) is 1.62. The van der Waals surface area contributed by atoms with Crippen molar-refractivity contribution in [2.75, 3.05) is 32.2 Å². The number of benzene rings is 1. The van der Waals surface area contributed by atoms with E-state index in [0.29, 0.717) is 19.0 Å². The molecule has 2 rings (SSSR count). The summed E-state index contributed by atoms with van der Waals surface area (Å²) in [5.41, 5.74) is 1.85. The van der Waals surface area contributed by atoms with Crippen LogP contribution in [0.4, 0.5) is 5.69 Å². The van der Waals surface area contributed by atoms with Gasteiger partial charge in [-0.05, 0) is 18.6 Å². The van der Waals surface area contributed by atoms with Gasteiger partial charge in [0.1, 0.15) is 19.8 Å². The van der Waals surface area contributed by atoms with Gasteiger partial charge in [0.25, 0.3) is 0 Å². The topological polar surface area (TPSA) is 56.8 Å². The fraction of sp³-hybridized carbons (Fsp3) is 0.417. The Kier molecular flexibility index (Phi) is 3.37. The molecule has 0 fully saturated rings. The van der Waals surface area contributed by atoms with Gasteiger partial charge in [-0.3, -0.25) is 4.79 Å². The van der Waals surface area contributed by atoms with Crippen molar-refractivity contribution in [3.8, 4) is 11.5 Å². The average molecular weight is 237 g/mol. The quantitative estimate of drug-likeness (QED) is 0.804. The van der Waals surface area contributed by atoms with E-state index in [1.807, 2.05) is 19.1 Å². The first-order chi connectivity index (χ1) is 8.20. The van der Waals surface area contributed by atoms with E-state index < -0.39 is 0 Å². The number of methoxy groups -OCH3 is 1. The van der Waals surface area contributed by atoms with Crippen molar-refractivity contribution in [3.63, 3.8) is 0 Å². The Labute approximate surface area is 99.7 Å². The lowest BCUT2D eigenvalue weighted by Crippen LogP contribution is -2.18. The summed E-state index contributed by atoms with van der Waals surface area (Å²) in [7, 11) is 1.36. The molecule has 0 saturated heterocycles. The highest BCUT2D eigenvalue weighted by molar-refractivity contribution is 5.75. The number of hydrogen-bond acceptors (Lipinski definition) is 5. The number of hydrogen-bond donors (Lipinski definition) is 1. The molecular formula is C12H15NO4. The highest BCUT2D eigenvalue weighted by Crippen LogP contribution is 2.35. The lowest BCUT2D eigenvalue weighted by molar-refractivity contribution is -0.138. The number of esters is 1. The Morgan fingerprint density at radius 1 is 1.35 bits per heavy atom. The van der Waals surface area contributed by atoms with Gasteiger partial charge in [-0.25, -0.2) is 0 Å². The number of carbonyl (C=O) groups excluding carboxylic acids is 1. The van der Waals surface area contributed by atoms with Gasteiger partial charge in [-0.1, -0.05) is 0 Å². The van der Waals surface area contributed by atoms with Gasteiger partial charge in [-0.15, -0.1) is 0 Å². The third-order valence-electron chi connectivity index (χ3n) is 2.54. The molecule has 1 aliphatic heterocycles. The van der Waals surface area contributed by atoms with Gasteiger partial charge >= 0.3 is 5.97 Å². The molecule has 5 nitrogen and oxygen atoms in total. The Balaban J connectivity index is 2.14. The highest BCUT2D eigenvalue weighted by atomic mass is 16.6. The first-order valence-electron chi connectivity index (χ1n) is 5.41. The standard InChI is InChI=1S/C12H15NO4/c1-8-5-10-11(17-4-3-16-10)6-9(8)13-7-12(14)15-2/h5-6,13H,3-4,7H2,1-2H3. The highest BCUT2D eigenvalue weighted by Gasteiger charge is 2.14. The summed E-state index contributed by atoms with van der Waals surface area (Å²) in [5, 5.41) is 3.00. The minimum absolute atomic E-state index is 0.136. The number of ether oxygens (including phenoxy) is 3. The van der Waals surface area contributed by atoms with Crippen molar-refractivity contribution in [1.29, 1.82) is 0 Å². The molecule has 92 valence electrons. The Bertz CT molecular complexity index is 431. The molecule has 1 N–H and O–H groups in total. The molecule has 0 aliphatic carbocycles. The van der Waals surface area contributed by atoms with Crippen LogP contribution in [0.3, 0.4) is 0 Å². The van der Waals surface area contributed by atoms with Gasteiger partial charge in [0.05, 0.1) is 7.11 Å². The summed E-state index contributed by atoms with van der Waals surface area (Å²) in [5.74, 6) is 1.14. The van der Waals surface area contributed by atoms with Crippen LogP contribution < -0.4 is 14.8 Å². The largest absolute Gasteiger partial charge is 0.486 e. The van der Waals surface area contributed by atoms with Crippen LogP contribution in [0.25, 0.3) is 0 Å². The predicted molar refractivity (Wildman–Crippen MR) is 62.7 cm³/mol. The molecule has 17 heavy (non-hydrogen) atoms. The number of fused-ring (bicyclic) bond motifs is 1. The lowest BCUT2D eigenvalue weighted by atomic mass is 10.1. The third-order valence-corrected chi connectivity index (χ3v) is 2.54. The summed E-state index contributed by atoms with van der Waals surface area (Å²) in [6, 6.07) is 3.74. The Morgan fingerprint density at radius 3 is 2.65 bits per heavy atom. The zero-order valence-corrected chi connectivity index (χ0v) is 9.91. The average Bonchev–Trinajstić information content (AvgIpc) is 2.35. The van der Waals surface area contributed by atoms with Crippen LogP contribution in [0.15, 0.2) is 12.1 Å². The van der Waals surface area contributed by atoms with Crippen molar-refractivity contribution in [2.45, 2.75) is 6.92 Å². The molecular weight excluding hydrogens is 222 g/mol. The zero-order valence-electron chi connectivity index (χ0n) is 9.91. The number of carbonyl (C=O) groups is 1. The predicted octanol–water partition coefficient (Wildman–Crippen LogP) is 1.35. The summed E-state index contributed by atoms with van der Waals surface area (Å²) < 4.78 is 15.5. The SMILES string of the molecule is COC(=O)CNc1cc2c(cc1C)OCCO2. The second-order valence-corrected chi connectivity index (χ2v) is 3.74. The molecule has 0 unspecified atom stereocenters. The molecule has 0 amide bonds. The third kappa shape index (κ3) is 2.61. The van der Waals surface area contributed by atoms with Gasteiger partial charge in [0.15, 0.2) is 11.5 Å². The van der Waals surface area contributed by atoms with E-state index in [2.05, 4.69) is 10.1 Å². The van der Waals surface area contributed by atoms with E-state index in [4.69, 9.17) is 9.47 Å². The van der Waals surface area contributed by atoms with E-state index >= 15 is 0 Å². The van der Waals surface area contributed by atoms with E-state index in [0.717, 1.165) is 17.0 Å². The molecule has 1 aliphatic rings. The van der Waals surface area contributed by atoms with Crippen molar-refractivity contribution in [2.24, 2.45) is 0 Å². The molecule has 1 aromatic carbocycles. The maximum absolute atomic E-state index is 11.0. The van der Waals surface area contributed by atoms with Gasteiger partial charge in [0, 0.05) is 11.8 Å². The minimum atomic E-state index is -0.306. The van der Waals surface area contributed by atoms with Gasteiger partial charge in [-0.2, -0.15) is 0 Å². The van der Waals surface area contributed by atoms with Crippen LogP contribution in [0.1, 0.15) is 5.56 Å². The van der Waals surface area contributed by atoms with E-state index in [9.17, 15) is 4.79 Å². The Hall–Kier alpha value is -1.91. The van der Waals surface area contributed by atoms with Gasteiger partial charge < -0.3 is 19.5 Å². The van der Waals surface area contributed by atoms with Crippen LogP contribution in [-0.2, 0) is 9.53 Å². The monoisotopic (exact) mass is 237 g/mol. The lowest BCUT2D eigenvalue weighted by Gasteiger charge is -2.20. The summed E-state index contributed by atoms with van der Waals surface area (Å²) in [6.45, 7) is 3.20. The maximum Gasteiger partial charge on any atom is 0.325 e. The normalized spacial score (nSPS) is 13.1. The second-order valence-electron chi connectivity index (χ2n) is 3.74. The molecule has 0 bridgehead atoms. The van der Waals surface area contributed by atoms with Crippen molar-refractivity contribution < 1.29 is 19.0 Å². The Morgan fingerprint density at radius 2 is 2.00 bits per heavy atom. The number of rotatable bonds is 3. The minimum Gasteiger partial charge on any atom is -0.486 e. The van der Waals surface area contributed by atoms with Crippen LogP contribution in [0, 0.1) is 6.92 Å². The maximum atomic E-state index is 11.0. The molecule has 0 aromatic heterocycles. The first-order valence-corrected chi connectivity index (χ1v) is 5.41. The summed E-state index contributed by atoms with van der Waals surface area (Å²) in [4.78, 5) is 11.0. The van der Waals surface area contributed by atoms with Crippen molar-refractivity contribution in [3.05, 3.63) is 17.7 Å². The molecule has 0 spiro atoms. The second kappa shape index (κ2) is 4.95. The van der Waals surface area contributed by atoms with Crippen LogP contribution in [0.2, 0.25) is 0 Å².